The first-order valence-corrected chi connectivity index (χ1v) is 8.85. The Balaban J connectivity index is 1.57. The van der Waals surface area contributed by atoms with Gasteiger partial charge in [-0.15, -0.1) is 0 Å². The van der Waals surface area contributed by atoms with Crippen LogP contribution in [0.2, 0.25) is 0 Å². The lowest BCUT2D eigenvalue weighted by Gasteiger charge is -2.32. The number of benzene rings is 1. The minimum absolute atomic E-state index is 0.156. The van der Waals surface area contributed by atoms with Crippen LogP contribution in [0.15, 0.2) is 42.7 Å². The third-order valence-electron chi connectivity index (χ3n) is 4.77. The summed E-state index contributed by atoms with van der Waals surface area (Å²) in [4.78, 5) is 14.9. The SMILES string of the molecule is O=C(c1cccc(C(F)(F)F)c1)[C@@H]1CCCN(CCCn2cccn2)C1. The summed E-state index contributed by atoms with van der Waals surface area (Å²) < 4.78 is 40.5. The molecule has 4 nitrogen and oxygen atoms in total. The van der Waals surface area contributed by atoms with Gasteiger partial charge in [-0.05, 0) is 50.6 Å². The number of rotatable bonds is 6. The van der Waals surface area contributed by atoms with Crippen molar-refractivity contribution in [3.63, 3.8) is 0 Å². The first-order chi connectivity index (χ1) is 12.4. The highest BCUT2D eigenvalue weighted by molar-refractivity contribution is 5.98. The molecule has 0 unspecified atom stereocenters. The number of likely N-dealkylation sites (tertiary alicyclic amines) is 1. The highest BCUT2D eigenvalue weighted by Gasteiger charge is 2.32. The topological polar surface area (TPSA) is 38.1 Å². The number of aromatic nitrogens is 2. The molecule has 0 aliphatic carbocycles. The Morgan fingerprint density at radius 1 is 1.23 bits per heavy atom. The average Bonchev–Trinajstić information content (AvgIpc) is 3.14. The fraction of sp³-hybridized carbons (Fsp3) is 0.474. The smallest absolute Gasteiger partial charge is 0.303 e. The first-order valence-electron chi connectivity index (χ1n) is 8.85. The molecule has 1 aromatic carbocycles. The van der Waals surface area contributed by atoms with E-state index in [0.29, 0.717) is 6.54 Å². The second-order valence-electron chi connectivity index (χ2n) is 6.71. The normalized spacial score (nSPS) is 18.8. The molecule has 0 radical (unpaired) electrons. The van der Waals surface area contributed by atoms with E-state index in [1.807, 2.05) is 16.9 Å². The Kier molecular flexibility index (Phi) is 5.76. The molecule has 0 spiro atoms. The number of Topliss-reactive ketones (excluding diaryl/α,β-unsaturated/α-hetero) is 1. The lowest BCUT2D eigenvalue weighted by atomic mass is 9.89. The monoisotopic (exact) mass is 365 g/mol. The van der Waals surface area contributed by atoms with Gasteiger partial charge in [-0.25, -0.2) is 0 Å². The molecule has 1 aliphatic rings. The van der Waals surface area contributed by atoms with Crippen molar-refractivity contribution < 1.29 is 18.0 Å². The highest BCUT2D eigenvalue weighted by Crippen LogP contribution is 2.30. The van der Waals surface area contributed by atoms with Gasteiger partial charge in [0.1, 0.15) is 0 Å². The zero-order chi connectivity index (χ0) is 18.6. The van der Waals surface area contributed by atoms with Gasteiger partial charge < -0.3 is 4.90 Å². The number of aryl methyl sites for hydroxylation is 1. The molecule has 26 heavy (non-hydrogen) atoms. The number of carbonyl (C=O) groups excluding carboxylic acids is 1. The molecular formula is C19H22F3N3O. The van der Waals surface area contributed by atoms with Crippen molar-refractivity contribution in [1.82, 2.24) is 14.7 Å². The second kappa shape index (κ2) is 8.03. The lowest BCUT2D eigenvalue weighted by Crippen LogP contribution is -2.39. The minimum atomic E-state index is -4.43. The van der Waals surface area contributed by atoms with Crippen molar-refractivity contribution in [2.75, 3.05) is 19.6 Å². The van der Waals surface area contributed by atoms with Crippen LogP contribution in [0.4, 0.5) is 13.2 Å². The summed E-state index contributed by atoms with van der Waals surface area (Å²) in [6.07, 6.45) is 1.76. The van der Waals surface area contributed by atoms with E-state index in [2.05, 4.69) is 10.00 Å². The summed E-state index contributed by atoms with van der Waals surface area (Å²) in [6, 6.07) is 6.64. The number of hydrogen-bond acceptors (Lipinski definition) is 3. The Bertz CT molecular complexity index is 728. The number of piperidine rings is 1. The van der Waals surface area contributed by atoms with E-state index in [1.54, 1.807) is 6.20 Å². The predicted molar refractivity (Wildman–Crippen MR) is 91.8 cm³/mol. The van der Waals surface area contributed by atoms with Crippen LogP contribution in [0, 0.1) is 5.92 Å². The molecule has 1 aliphatic heterocycles. The van der Waals surface area contributed by atoms with Gasteiger partial charge in [0, 0.05) is 37.0 Å². The van der Waals surface area contributed by atoms with Crippen LogP contribution in [0.3, 0.4) is 0 Å². The zero-order valence-corrected chi connectivity index (χ0v) is 14.5. The third-order valence-corrected chi connectivity index (χ3v) is 4.77. The molecule has 1 aromatic heterocycles. The molecule has 2 heterocycles. The second-order valence-corrected chi connectivity index (χ2v) is 6.71. The summed E-state index contributed by atoms with van der Waals surface area (Å²) in [5, 5.41) is 4.16. The van der Waals surface area contributed by atoms with E-state index in [0.717, 1.165) is 51.0 Å². The van der Waals surface area contributed by atoms with Crippen molar-refractivity contribution in [1.29, 1.82) is 0 Å². The number of nitrogens with zero attached hydrogens (tertiary/aromatic N) is 3. The van der Waals surface area contributed by atoms with Gasteiger partial charge >= 0.3 is 6.18 Å². The van der Waals surface area contributed by atoms with Gasteiger partial charge in [0.05, 0.1) is 5.56 Å². The van der Waals surface area contributed by atoms with E-state index in [9.17, 15) is 18.0 Å². The Morgan fingerprint density at radius 2 is 2.08 bits per heavy atom. The maximum Gasteiger partial charge on any atom is 0.416 e. The average molecular weight is 365 g/mol. The van der Waals surface area contributed by atoms with Gasteiger partial charge in [0.15, 0.2) is 5.78 Å². The molecule has 7 heteroatoms. The summed E-state index contributed by atoms with van der Waals surface area (Å²) >= 11 is 0. The van der Waals surface area contributed by atoms with Crippen molar-refractivity contribution in [3.8, 4) is 0 Å². The summed E-state index contributed by atoms with van der Waals surface area (Å²) in [6.45, 7) is 3.20. The first kappa shape index (κ1) is 18.6. The van der Waals surface area contributed by atoms with Crippen molar-refractivity contribution in [3.05, 3.63) is 53.9 Å². The molecule has 1 fully saturated rings. The van der Waals surface area contributed by atoms with Crippen LogP contribution >= 0.6 is 0 Å². The summed E-state index contributed by atoms with van der Waals surface area (Å²) in [5.41, 5.74) is -0.613. The van der Waals surface area contributed by atoms with Gasteiger partial charge in [-0.3, -0.25) is 9.48 Å². The quantitative estimate of drug-likeness (QED) is 0.729. The molecular weight excluding hydrogens is 343 g/mol. The van der Waals surface area contributed by atoms with Gasteiger partial charge in [-0.1, -0.05) is 12.1 Å². The highest BCUT2D eigenvalue weighted by atomic mass is 19.4. The summed E-state index contributed by atoms with van der Waals surface area (Å²) in [5.74, 6) is -0.426. The van der Waals surface area contributed by atoms with Crippen LogP contribution in [0.25, 0.3) is 0 Å². The van der Waals surface area contributed by atoms with Crippen molar-refractivity contribution >= 4 is 5.78 Å². The molecule has 140 valence electrons. The molecule has 3 rings (SSSR count). The minimum Gasteiger partial charge on any atom is -0.303 e. The van der Waals surface area contributed by atoms with Crippen LogP contribution in [0.1, 0.15) is 35.2 Å². The van der Waals surface area contributed by atoms with E-state index >= 15 is 0 Å². The van der Waals surface area contributed by atoms with E-state index < -0.39 is 11.7 Å². The molecule has 0 saturated carbocycles. The van der Waals surface area contributed by atoms with E-state index in [-0.39, 0.29) is 17.3 Å². The Morgan fingerprint density at radius 3 is 2.81 bits per heavy atom. The number of carbonyl (C=O) groups is 1. The van der Waals surface area contributed by atoms with Crippen molar-refractivity contribution in [2.24, 2.45) is 5.92 Å². The van der Waals surface area contributed by atoms with Gasteiger partial charge in [-0.2, -0.15) is 18.3 Å². The van der Waals surface area contributed by atoms with E-state index in [4.69, 9.17) is 0 Å². The van der Waals surface area contributed by atoms with Crippen LogP contribution in [-0.4, -0.2) is 40.1 Å². The molecule has 1 saturated heterocycles. The standard InChI is InChI=1S/C19H22F3N3O/c20-19(21,22)17-7-1-5-15(13-17)18(26)16-6-2-9-24(14-16)10-4-12-25-11-3-8-23-25/h1,3,5,7-8,11,13,16H,2,4,6,9-10,12,14H2/t16-/m1/s1. The third kappa shape index (κ3) is 4.72. The Hall–Kier alpha value is -2.15. The van der Waals surface area contributed by atoms with Crippen molar-refractivity contribution in [2.45, 2.75) is 32.0 Å². The van der Waals surface area contributed by atoms with Crippen LogP contribution in [0.5, 0.6) is 0 Å². The van der Waals surface area contributed by atoms with Gasteiger partial charge in [0.2, 0.25) is 0 Å². The maximum atomic E-state index is 12.9. The number of hydrogen-bond donors (Lipinski definition) is 0. The molecule has 0 bridgehead atoms. The van der Waals surface area contributed by atoms with Gasteiger partial charge in [0.25, 0.3) is 0 Å². The predicted octanol–water partition coefficient (Wildman–Crippen LogP) is 3.89. The maximum absolute atomic E-state index is 12.9. The van der Waals surface area contributed by atoms with Crippen LogP contribution < -0.4 is 0 Å². The molecule has 2 aromatic rings. The van der Waals surface area contributed by atoms with Crippen LogP contribution in [-0.2, 0) is 12.7 Å². The molecule has 1 atom stereocenters. The zero-order valence-electron chi connectivity index (χ0n) is 14.5. The fourth-order valence-corrected chi connectivity index (χ4v) is 3.45. The number of alkyl halides is 3. The lowest BCUT2D eigenvalue weighted by molar-refractivity contribution is -0.137. The number of ketones is 1. The molecule has 0 amide bonds. The van der Waals surface area contributed by atoms with E-state index in [1.165, 1.54) is 12.1 Å². The largest absolute Gasteiger partial charge is 0.416 e. The Labute approximate surface area is 150 Å². The number of halogens is 3. The molecule has 0 N–H and O–H groups in total. The summed E-state index contributed by atoms with van der Waals surface area (Å²) in [7, 11) is 0. The fourth-order valence-electron chi connectivity index (χ4n) is 3.45.